The molecule has 1 unspecified atom stereocenters. The minimum atomic E-state index is 0.136. The predicted molar refractivity (Wildman–Crippen MR) is 70.8 cm³/mol. The van der Waals surface area contributed by atoms with Gasteiger partial charge in [0, 0.05) is 12.1 Å². The maximum absolute atomic E-state index is 5.83. The Labute approximate surface area is 104 Å². The average molecular weight is 237 g/mol. The fourth-order valence-corrected chi connectivity index (χ4v) is 1.65. The standard InChI is InChI=1S/C14H23NO2/c1-4-8-17-14-10-13(16-5-2)7-6-12(14)9-11(3)15/h6-7,10-11H,4-5,8-9,15H2,1-3H3. The monoisotopic (exact) mass is 237 g/mol. The van der Waals surface area contributed by atoms with Gasteiger partial charge in [-0.2, -0.15) is 0 Å². The lowest BCUT2D eigenvalue weighted by atomic mass is 10.1. The summed E-state index contributed by atoms with van der Waals surface area (Å²) in [5.41, 5.74) is 6.98. The van der Waals surface area contributed by atoms with Crippen molar-refractivity contribution in [3.8, 4) is 11.5 Å². The fraction of sp³-hybridized carbons (Fsp3) is 0.571. The first kappa shape index (κ1) is 13.8. The second-order valence-electron chi connectivity index (χ2n) is 4.23. The van der Waals surface area contributed by atoms with E-state index in [0.717, 1.165) is 36.5 Å². The summed E-state index contributed by atoms with van der Waals surface area (Å²) in [6.45, 7) is 7.46. The zero-order valence-electron chi connectivity index (χ0n) is 11.0. The zero-order chi connectivity index (χ0) is 12.7. The first-order chi connectivity index (χ1) is 8.17. The third-order valence-corrected chi connectivity index (χ3v) is 2.35. The van der Waals surface area contributed by atoms with Crippen molar-refractivity contribution in [2.75, 3.05) is 13.2 Å². The van der Waals surface area contributed by atoms with E-state index in [1.807, 2.05) is 32.0 Å². The normalized spacial score (nSPS) is 12.2. The molecular weight excluding hydrogens is 214 g/mol. The molecule has 0 aliphatic carbocycles. The highest BCUT2D eigenvalue weighted by molar-refractivity contribution is 5.41. The second-order valence-corrected chi connectivity index (χ2v) is 4.23. The first-order valence-electron chi connectivity index (χ1n) is 6.31. The molecule has 0 heterocycles. The van der Waals surface area contributed by atoms with Gasteiger partial charge in [-0.1, -0.05) is 13.0 Å². The smallest absolute Gasteiger partial charge is 0.126 e. The summed E-state index contributed by atoms with van der Waals surface area (Å²) in [6.07, 6.45) is 1.82. The van der Waals surface area contributed by atoms with E-state index in [1.54, 1.807) is 0 Å². The van der Waals surface area contributed by atoms with Gasteiger partial charge in [0.25, 0.3) is 0 Å². The molecule has 96 valence electrons. The van der Waals surface area contributed by atoms with Crippen LogP contribution in [0.1, 0.15) is 32.8 Å². The molecule has 0 aromatic heterocycles. The number of hydrogen-bond acceptors (Lipinski definition) is 3. The molecule has 2 N–H and O–H groups in total. The number of hydrogen-bond donors (Lipinski definition) is 1. The van der Waals surface area contributed by atoms with Crippen LogP contribution in [0.15, 0.2) is 18.2 Å². The Morgan fingerprint density at radius 1 is 1.24 bits per heavy atom. The maximum atomic E-state index is 5.83. The summed E-state index contributed by atoms with van der Waals surface area (Å²) in [4.78, 5) is 0. The van der Waals surface area contributed by atoms with E-state index in [-0.39, 0.29) is 6.04 Å². The van der Waals surface area contributed by atoms with Crippen molar-refractivity contribution in [3.63, 3.8) is 0 Å². The van der Waals surface area contributed by atoms with Crippen molar-refractivity contribution < 1.29 is 9.47 Å². The SMILES string of the molecule is CCCOc1cc(OCC)ccc1CC(C)N. The molecule has 0 saturated heterocycles. The van der Waals surface area contributed by atoms with Gasteiger partial charge in [0.05, 0.1) is 13.2 Å². The van der Waals surface area contributed by atoms with E-state index in [2.05, 4.69) is 6.92 Å². The Morgan fingerprint density at radius 2 is 2.00 bits per heavy atom. The van der Waals surface area contributed by atoms with Crippen LogP contribution in [0.3, 0.4) is 0 Å². The number of benzene rings is 1. The third-order valence-electron chi connectivity index (χ3n) is 2.35. The molecule has 0 bridgehead atoms. The summed E-state index contributed by atoms with van der Waals surface area (Å²) >= 11 is 0. The van der Waals surface area contributed by atoms with Crippen molar-refractivity contribution in [2.45, 2.75) is 39.7 Å². The Hall–Kier alpha value is -1.22. The van der Waals surface area contributed by atoms with E-state index in [4.69, 9.17) is 15.2 Å². The molecule has 0 aliphatic heterocycles. The van der Waals surface area contributed by atoms with Crippen molar-refractivity contribution >= 4 is 0 Å². The van der Waals surface area contributed by atoms with E-state index in [9.17, 15) is 0 Å². The van der Waals surface area contributed by atoms with Crippen LogP contribution in [0.4, 0.5) is 0 Å². The van der Waals surface area contributed by atoms with E-state index >= 15 is 0 Å². The van der Waals surface area contributed by atoms with Crippen LogP contribution in [0.2, 0.25) is 0 Å². The van der Waals surface area contributed by atoms with Crippen molar-refractivity contribution in [3.05, 3.63) is 23.8 Å². The average Bonchev–Trinajstić information content (AvgIpc) is 2.29. The Bertz CT molecular complexity index is 337. The molecular formula is C14H23NO2. The number of rotatable bonds is 7. The molecule has 1 aromatic carbocycles. The van der Waals surface area contributed by atoms with Gasteiger partial charge in [-0.05, 0) is 38.3 Å². The zero-order valence-corrected chi connectivity index (χ0v) is 11.0. The van der Waals surface area contributed by atoms with Crippen molar-refractivity contribution in [1.82, 2.24) is 0 Å². The number of nitrogens with two attached hydrogens (primary N) is 1. The van der Waals surface area contributed by atoms with E-state index in [1.165, 1.54) is 0 Å². The molecule has 1 rings (SSSR count). The molecule has 3 heteroatoms. The summed E-state index contributed by atoms with van der Waals surface area (Å²) in [5, 5.41) is 0. The first-order valence-corrected chi connectivity index (χ1v) is 6.31. The van der Waals surface area contributed by atoms with Gasteiger partial charge in [-0.3, -0.25) is 0 Å². The molecule has 0 amide bonds. The van der Waals surface area contributed by atoms with Gasteiger partial charge < -0.3 is 15.2 Å². The van der Waals surface area contributed by atoms with Gasteiger partial charge in [-0.15, -0.1) is 0 Å². The van der Waals surface area contributed by atoms with Gasteiger partial charge in [0.1, 0.15) is 11.5 Å². The summed E-state index contributed by atoms with van der Waals surface area (Å²) < 4.78 is 11.2. The predicted octanol–water partition coefficient (Wildman–Crippen LogP) is 2.76. The van der Waals surface area contributed by atoms with Crippen LogP contribution in [0.5, 0.6) is 11.5 Å². The molecule has 0 aliphatic rings. The van der Waals surface area contributed by atoms with Crippen molar-refractivity contribution in [2.24, 2.45) is 5.73 Å². The topological polar surface area (TPSA) is 44.5 Å². The molecule has 17 heavy (non-hydrogen) atoms. The highest BCUT2D eigenvalue weighted by Crippen LogP contribution is 2.26. The summed E-state index contributed by atoms with van der Waals surface area (Å²) in [7, 11) is 0. The molecule has 3 nitrogen and oxygen atoms in total. The molecule has 0 saturated carbocycles. The molecule has 0 radical (unpaired) electrons. The largest absolute Gasteiger partial charge is 0.494 e. The lowest BCUT2D eigenvalue weighted by Gasteiger charge is -2.14. The van der Waals surface area contributed by atoms with Crippen LogP contribution < -0.4 is 15.2 Å². The Kier molecular flexibility index (Phi) is 5.84. The minimum absolute atomic E-state index is 0.136. The molecule has 0 spiro atoms. The van der Waals surface area contributed by atoms with Gasteiger partial charge in [-0.25, -0.2) is 0 Å². The fourth-order valence-electron chi connectivity index (χ4n) is 1.65. The lowest BCUT2D eigenvalue weighted by Crippen LogP contribution is -2.18. The molecule has 0 fully saturated rings. The summed E-state index contributed by atoms with van der Waals surface area (Å²) in [6, 6.07) is 6.10. The maximum Gasteiger partial charge on any atom is 0.126 e. The van der Waals surface area contributed by atoms with Gasteiger partial charge in [0.15, 0.2) is 0 Å². The van der Waals surface area contributed by atoms with Crippen LogP contribution in [-0.2, 0) is 6.42 Å². The van der Waals surface area contributed by atoms with Crippen LogP contribution in [-0.4, -0.2) is 19.3 Å². The minimum Gasteiger partial charge on any atom is -0.494 e. The van der Waals surface area contributed by atoms with Crippen LogP contribution in [0, 0.1) is 0 Å². The van der Waals surface area contributed by atoms with Gasteiger partial charge >= 0.3 is 0 Å². The van der Waals surface area contributed by atoms with Crippen LogP contribution >= 0.6 is 0 Å². The molecule has 1 atom stereocenters. The highest BCUT2D eigenvalue weighted by atomic mass is 16.5. The lowest BCUT2D eigenvalue weighted by molar-refractivity contribution is 0.305. The summed E-state index contributed by atoms with van der Waals surface area (Å²) in [5.74, 6) is 1.75. The third kappa shape index (κ3) is 4.65. The van der Waals surface area contributed by atoms with E-state index < -0.39 is 0 Å². The van der Waals surface area contributed by atoms with Crippen LogP contribution in [0.25, 0.3) is 0 Å². The quantitative estimate of drug-likeness (QED) is 0.793. The highest BCUT2D eigenvalue weighted by Gasteiger charge is 2.08. The van der Waals surface area contributed by atoms with Gasteiger partial charge in [0.2, 0.25) is 0 Å². The number of ether oxygens (including phenoxy) is 2. The molecule has 1 aromatic rings. The van der Waals surface area contributed by atoms with Crippen molar-refractivity contribution in [1.29, 1.82) is 0 Å². The van der Waals surface area contributed by atoms with E-state index in [0.29, 0.717) is 6.61 Å². The Morgan fingerprint density at radius 3 is 2.59 bits per heavy atom. The Balaban J connectivity index is 2.86. The second kappa shape index (κ2) is 7.17.